The van der Waals surface area contributed by atoms with Gasteiger partial charge in [-0.15, -0.1) is 11.3 Å². The van der Waals surface area contributed by atoms with E-state index in [4.69, 9.17) is 4.74 Å². The first-order valence-corrected chi connectivity index (χ1v) is 7.21. The van der Waals surface area contributed by atoms with Gasteiger partial charge in [0.1, 0.15) is 4.88 Å². The van der Waals surface area contributed by atoms with Crippen molar-refractivity contribution in [1.82, 2.24) is 9.88 Å². The number of nitrogens with one attached hydrogen (secondary N) is 1. The molecular weight excluding hydrogens is 276 g/mol. The summed E-state index contributed by atoms with van der Waals surface area (Å²) < 4.78 is 7.03. The summed E-state index contributed by atoms with van der Waals surface area (Å²) in [5, 5.41) is 4.44. The van der Waals surface area contributed by atoms with Crippen molar-refractivity contribution in [2.45, 2.75) is 20.0 Å². The van der Waals surface area contributed by atoms with Crippen molar-refractivity contribution >= 4 is 23.2 Å². The fourth-order valence-corrected chi connectivity index (χ4v) is 2.51. The first-order chi connectivity index (χ1) is 9.63. The number of carbonyl (C=O) groups excluding carboxylic acids is 2. The normalized spacial score (nSPS) is 11.9. The van der Waals surface area contributed by atoms with E-state index in [1.165, 1.54) is 11.3 Å². The van der Waals surface area contributed by atoms with Gasteiger partial charge in [-0.1, -0.05) is 0 Å². The number of carbonyl (C=O) groups is 2. The van der Waals surface area contributed by atoms with Crippen LogP contribution in [-0.2, 0) is 9.53 Å². The Balaban J connectivity index is 2.11. The zero-order valence-electron chi connectivity index (χ0n) is 11.3. The van der Waals surface area contributed by atoms with Crippen LogP contribution in [0.4, 0.5) is 0 Å². The first-order valence-electron chi connectivity index (χ1n) is 6.33. The Hall–Kier alpha value is -2.08. The number of aromatic nitrogens is 1. The maximum absolute atomic E-state index is 12.1. The van der Waals surface area contributed by atoms with E-state index < -0.39 is 12.1 Å². The highest BCUT2D eigenvalue weighted by atomic mass is 32.1. The molecule has 2 rings (SSSR count). The summed E-state index contributed by atoms with van der Waals surface area (Å²) >= 11 is 1.30. The standard InChI is InChI=1S/C14H16N2O3S/c1-3-15-13(17)10(2)19-14(18)12-11(6-9-20-12)16-7-4-5-8-16/h4-10H,3H2,1-2H3,(H,15,17). The smallest absolute Gasteiger partial charge is 0.351 e. The zero-order valence-corrected chi connectivity index (χ0v) is 12.1. The summed E-state index contributed by atoms with van der Waals surface area (Å²) in [6, 6.07) is 5.60. The zero-order chi connectivity index (χ0) is 14.5. The number of hydrogen-bond acceptors (Lipinski definition) is 4. The molecule has 0 saturated heterocycles. The van der Waals surface area contributed by atoms with E-state index in [0.29, 0.717) is 11.4 Å². The Labute approximate surface area is 121 Å². The van der Waals surface area contributed by atoms with Crippen LogP contribution in [0.25, 0.3) is 5.69 Å². The summed E-state index contributed by atoms with van der Waals surface area (Å²) in [5.74, 6) is -0.776. The molecule has 106 valence electrons. The molecule has 5 nitrogen and oxygen atoms in total. The van der Waals surface area contributed by atoms with Gasteiger partial charge in [0.15, 0.2) is 6.10 Å². The largest absolute Gasteiger partial charge is 0.448 e. The molecule has 0 bridgehead atoms. The van der Waals surface area contributed by atoms with Crippen LogP contribution in [0.2, 0.25) is 0 Å². The second-order valence-electron chi connectivity index (χ2n) is 4.17. The number of rotatable bonds is 5. The minimum atomic E-state index is -0.804. The van der Waals surface area contributed by atoms with Gasteiger partial charge in [-0.25, -0.2) is 4.79 Å². The lowest BCUT2D eigenvalue weighted by molar-refractivity contribution is -0.128. The number of thiophene rings is 1. The minimum absolute atomic E-state index is 0.292. The molecule has 20 heavy (non-hydrogen) atoms. The maximum atomic E-state index is 12.1. The van der Waals surface area contributed by atoms with Gasteiger partial charge in [0.2, 0.25) is 0 Å². The maximum Gasteiger partial charge on any atom is 0.351 e. The van der Waals surface area contributed by atoms with E-state index in [1.807, 2.05) is 47.5 Å². The van der Waals surface area contributed by atoms with Crippen LogP contribution in [0.15, 0.2) is 36.0 Å². The van der Waals surface area contributed by atoms with Crippen LogP contribution in [0.5, 0.6) is 0 Å². The van der Waals surface area contributed by atoms with Crippen LogP contribution in [0.1, 0.15) is 23.5 Å². The minimum Gasteiger partial charge on any atom is -0.448 e. The molecule has 0 aliphatic carbocycles. The van der Waals surface area contributed by atoms with Crippen molar-refractivity contribution in [2.24, 2.45) is 0 Å². The molecule has 1 amide bonds. The van der Waals surface area contributed by atoms with Gasteiger partial charge in [0.05, 0.1) is 5.69 Å². The van der Waals surface area contributed by atoms with Crippen molar-refractivity contribution in [2.75, 3.05) is 6.54 Å². The Morgan fingerprint density at radius 1 is 1.40 bits per heavy atom. The van der Waals surface area contributed by atoms with E-state index >= 15 is 0 Å². The number of nitrogens with zero attached hydrogens (tertiary/aromatic N) is 1. The van der Waals surface area contributed by atoms with Gasteiger partial charge in [0.25, 0.3) is 5.91 Å². The number of ether oxygens (including phenoxy) is 1. The molecule has 2 heterocycles. The molecule has 0 saturated carbocycles. The number of amides is 1. The van der Waals surface area contributed by atoms with E-state index in [0.717, 1.165) is 5.69 Å². The van der Waals surface area contributed by atoms with Crippen molar-refractivity contribution in [1.29, 1.82) is 0 Å². The highest BCUT2D eigenvalue weighted by Crippen LogP contribution is 2.22. The Morgan fingerprint density at radius 2 is 2.10 bits per heavy atom. The highest BCUT2D eigenvalue weighted by Gasteiger charge is 2.21. The summed E-state index contributed by atoms with van der Waals surface area (Å²) in [6.45, 7) is 3.88. The summed E-state index contributed by atoms with van der Waals surface area (Å²) in [7, 11) is 0. The topological polar surface area (TPSA) is 60.3 Å². The van der Waals surface area contributed by atoms with Crippen LogP contribution < -0.4 is 5.32 Å². The lowest BCUT2D eigenvalue weighted by Crippen LogP contribution is -2.35. The molecule has 2 aromatic heterocycles. The molecule has 0 aromatic carbocycles. The second-order valence-corrected chi connectivity index (χ2v) is 5.08. The van der Waals surface area contributed by atoms with E-state index in [2.05, 4.69) is 5.32 Å². The number of likely N-dealkylation sites (N-methyl/N-ethyl adjacent to an activating group) is 1. The summed E-state index contributed by atoms with van der Waals surface area (Å²) in [6.07, 6.45) is 2.90. The fourth-order valence-electron chi connectivity index (χ4n) is 1.74. The predicted octanol–water partition coefficient (Wildman–Crippen LogP) is 2.22. The van der Waals surface area contributed by atoms with Crippen LogP contribution in [0.3, 0.4) is 0 Å². The Morgan fingerprint density at radius 3 is 2.75 bits per heavy atom. The molecule has 0 spiro atoms. The van der Waals surface area contributed by atoms with Gasteiger partial charge in [-0.05, 0) is 37.4 Å². The Kier molecular flexibility index (Phi) is 4.57. The van der Waals surface area contributed by atoms with Gasteiger partial charge in [-0.2, -0.15) is 0 Å². The SMILES string of the molecule is CCNC(=O)C(C)OC(=O)c1sccc1-n1cccc1. The lowest BCUT2D eigenvalue weighted by atomic mass is 10.3. The van der Waals surface area contributed by atoms with Gasteiger partial charge in [0, 0.05) is 18.9 Å². The van der Waals surface area contributed by atoms with Crippen molar-refractivity contribution in [3.05, 3.63) is 40.8 Å². The summed E-state index contributed by atoms with van der Waals surface area (Å²) in [4.78, 5) is 24.2. The third-order valence-corrected chi connectivity index (χ3v) is 3.60. The van der Waals surface area contributed by atoms with E-state index in [-0.39, 0.29) is 5.91 Å². The first kappa shape index (κ1) is 14.3. The molecule has 1 atom stereocenters. The Bertz CT molecular complexity index is 589. The predicted molar refractivity (Wildman–Crippen MR) is 77.2 cm³/mol. The van der Waals surface area contributed by atoms with Crippen LogP contribution >= 0.6 is 11.3 Å². The van der Waals surface area contributed by atoms with Gasteiger partial charge >= 0.3 is 5.97 Å². The molecule has 0 radical (unpaired) electrons. The average Bonchev–Trinajstić information content (AvgIpc) is 3.09. The molecule has 1 unspecified atom stereocenters. The molecule has 2 aromatic rings. The third kappa shape index (κ3) is 3.08. The average molecular weight is 292 g/mol. The molecule has 0 aliphatic rings. The third-order valence-electron chi connectivity index (χ3n) is 2.72. The van der Waals surface area contributed by atoms with E-state index in [1.54, 1.807) is 6.92 Å². The van der Waals surface area contributed by atoms with Gasteiger partial charge < -0.3 is 14.6 Å². The molecular formula is C14H16N2O3S. The summed E-state index contributed by atoms with van der Waals surface area (Å²) in [5.41, 5.74) is 0.757. The molecule has 1 N–H and O–H groups in total. The number of esters is 1. The fraction of sp³-hybridized carbons (Fsp3) is 0.286. The quantitative estimate of drug-likeness (QED) is 0.860. The van der Waals surface area contributed by atoms with Crippen molar-refractivity contribution in [3.63, 3.8) is 0 Å². The second kappa shape index (κ2) is 6.38. The molecule has 6 heteroatoms. The highest BCUT2D eigenvalue weighted by molar-refractivity contribution is 7.12. The lowest BCUT2D eigenvalue weighted by Gasteiger charge is -2.12. The van der Waals surface area contributed by atoms with Crippen molar-refractivity contribution in [3.8, 4) is 5.69 Å². The van der Waals surface area contributed by atoms with Crippen LogP contribution in [-0.4, -0.2) is 29.1 Å². The molecule has 0 fully saturated rings. The monoisotopic (exact) mass is 292 g/mol. The van der Waals surface area contributed by atoms with E-state index in [9.17, 15) is 9.59 Å². The molecule has 0 aliphatic heterocycles. The number of hydrogen-bond donors (Lipinski definition) is 1. The van der Waals surface area contributed by atoms with Crippen molar-refractivity contribution < 1.29 is 14.3 Å². The van der Waals surface area contributed by atoms with Gasteiger partial charge in [-0.3, -0.25) is 4.79 Å². The van der Waals surface area contributed by atoms with Crippen LogP contribution in [0, 0.1) is 0 Å².